The molecule has 0 saturated carbocycles. The lowest BCUT2D eigenvalue weighted by Gasteiger charge is -2.29. The van der Waals surface area contributed by atoms with Gasteiger partial charge in [0.25, 0.3) is 0 Å². The molecule has 2 heterocycles. The van der Waals surface area contributed by atoms with Crippen LogP contribution >= 0.6 is 0 Å². The number of carbonyl (C=O) groups excluding carboxylic acids is 2. The Bertz CT molecular complexity index is 1000. The molecule has 0 aliphatic carbocycles. The summed E-state index contributed by atoms with van der Waals surface area (Å²) in [6.45, 7) is 2.75. The minimum absolute atomic E-state index is 0.0242. The van der Waals surface area contributed by atoms with E-state index in [0.717, 1.165) is 11.0 Å². The number of urea groups is 1. The second kappa shape index (κ2) is 7.56. The molecule has 0 spiro atoms. The van der Waals surface area contributed by atoms with Crippen LogP contribution in [0.25, 0.3) is 0 Å². The predicted octanol–water partition coefficient (Wildman–Crippen LogP) is 2.16. The Morgan fingerprint density at radius 2 is 2.21 bits per heavy atom. The van der Waals surface area contributed by atoms with Gasteiger partial charge in [-0.15, -0.1) is 0 Å². The third-order valence-electron chi connectivity index (χ3n) is 4.30. The van der Waals surface area contributed by atoms with Gasteiger partial charge >= 0.3 is 6.03 Å². The maximum absolute atomic E-state index is 14.0. The van der Waals surface area contributed by atoms with Crippen molar-refractivity contribution >= 4 is 17.6 Å². The summed E-state index contributed by atoms with van der Waals surface area (Å²) in [5.74, 6) is -2.61. The van der Waals surface area contributed by atoms with E-state index in [4.69, 9.17) is 5.26 Å². The third-order valence-corrected chi connectivity index (χ3v) is 4.30. The highest BCUT2D eigenvalue weighted by Crippen LogP contribution is 2.27. The van der Waals surface area contributed by atoms with Gasteiger partial charge in [-0.05, 0) is 26.0 Å². The summed E-state index contributed by atoms with van der Waals surface area (Å²) in [6, 6.07) is 2.92. The molecular formula is C18H16F2N6O2. The topological polar surface area (TPSA) is 111 Å². The monoisotopic (exact) mass is 386 g/mol. The molecule has 2 N–H and O–H groups in total. The second-order valence-corrected chi connectivity index (χ2v) is 6.30. The predicted molar refractivity (Wildman–Crippen MR) is 93.8 cm³/mol. The molecule has 0 bridgehead atoms. The first kappa shape index (κ1) is 19.2. The average Bonchev–Trinajstić information content (AvgIpc) is 2.66. The van der Waals surface area contributed by atoms with E-state index in [0.29, 0.717) is 11.4 Å². The van der Waals surface area contributed by atoms with Gasteiger partial charge in [-0.3, -0.25) is 9.78 Å². The molecular weight excluding hydrogens is 370 g/mol. The largest absolute Gasteiger partial charge is 0.346 e. The molecule has 1 atom stereocenters. The summed E-state index contributed by atoms with van der Waals surface area (Å²) in [7, 11) is 0. The summed E-state index contributed by atoms with van der Waals surface area (Å²) in [5.41, 5.74) is 1.24. The first-order chi connectivity index (χ1) is 13.3. The highest BCUT2D eigenvalue weighted by Gasteiger charge is 2.28. The summed E-state index contributed by atoms with van der Waals surface area (Å²) in [4.78, 5) is 33.8. The van der Waals surface area contributed by atoms with Crippen molar-refractivity contribution in [1.29, 1.82) is 5.26 Å². The maximum atomic E-state index is 14.0. The number of fused-ring (bicyclic) bond motifs is 1. The smallest absolute Gasteiger partial charge is 0.322 e. The number of rotatable bonds is 4. The van der Waals surface area contributed by atoms with Crippen LogP contribution in [0.15, 0.2) is 18.3 Å². The molecule has 8 nitrogen and oxygen atoms in total. The molecule has 0 radical (unpaired) electrons. The molecule has 1 aliphatic rings. The highest BCUT2D eigenvalue weighted by molar-refractivity contribution is 5.94. The van der Waals surface area contributed by atoms with Crippen molar-refractivity contribution in [1.82, 2.24) is 20.2 Å². The van der Waals surface area contributed by atoms with Crippen molar-refractivity contribution in [3.05, 3.63) is 52.6 Å². The van der Waals surface area contributed by atoms with Gasteiger partial charge in [-0.25, -0.2) is 18.6 Å². The van der Waals surface area contributed by atoms with Crippen LogP contribution in [0.1, 0.15) is 35.6 Å². The molecule has 144 valence electrons. The lowest BCUT2D eigenvalue weighted by Crippen LogP contribution is -2.45. The molecule has 3 amide bonds. The zero-order valence-corrected chi connectivity index (χ0v) is 15.1. The van der Waals surface area contributed by atoms with Crippen LogP contribution in [0.2, 0.25) is 0 Å². The number of anilines is 1. The Morgan fingerprint density at radius 1 is 1.46 bits per heavy atom. The number of amides is 3. The second-order valence-electron chi connectivity index (χ2n) is 6.30. The van der Waals surface area contributed by atoms with Crippen LogP contribution in [0, 0.1) is 29.9 Å². The molecule has 1 aliphatic heterocycles. The Hall–Kier alpha value is -3.61. The van der Waals surface area contributed by atoms with E-state index in [9.17, 15) is 18.4 Å². The van der Waals surface area contributed by atoms with Gasteiger partial charge in [-0.1, -0.05) is 0 Å². The fraction of sp³-hybridized carbons (Fsp3) is 0.278. The molecule has 1 aromatic carbocycles. The molecule has 0 unspecified atom stereocenters. The zero-order chi connectivity index (χ0) is 20.4. The molecule has 3 rings (SSSR count). The minimum atomic E-state index is -1.06. The Morgan fingerprint density at radius 3 is 2.93 bits per heavy atom. The van der Waals surface area contributed by atoms with Gasteiger partial charge in [0.15, 0.2) is 17.3 Å². The van der Waals surface area contributed by atoms with Gasteiger partial charge in [-0.2, -0.15) is 5.26 Å². The molecule has 0 saturated heterocycles. The number of aromatic nitrogens is 2. The van der Waals surface area contributed by atoms with E-state index >= 15 is 0 Å². The van der Waals surface area contributed by atoms with E-state index in [1.54, 1.807) is 13.8 Å². The lowest BCUT2D eigenvalue weighted by molar-refractivity contribution is -0.122. The third kappa shape index (κ3) is 3.73. The van der Waals surface area contributed by atoms with Crippen LogP contribution in [-0.2, 0) is 11.3 Å². The van der Waals surface area contributed by atoms with Crippen LogP contribution in [-0.4, -0.2) is 33.4 Å². The number of nitrogens with zero attached hydrogens (tertiary/aromatic N) is 4. The van der Waals surface area contributed by atoms with Crippen LogP contribution < -0.4 is 10.6 Å². The average molecular weight is 386 g/mol. The number of hydrogen-bond donors (Lipinski definition) is 2. The number of carbonyl (C=O) groups is 2. The maximum Gasteiger partial charge on any atom is 0.322 e. The number of benzene rings is 1. The van der Waals surface area contributed by atoms with Gasteiger partial charge in [0.2, 0.25) is 5.91 Å². The Labute approximate surface area is 159 Å². The highest BCUT2D eigenvalue weighted by atomic mass is 19.2. The number of halogens is 2. The van der Waals surface area contributed by atoms with Crippen molar-refractivity contribution in [3.63, 3.8) is 0 Å². The van der Waals surface area contributed by atoms with Gasteiger partial charge in [0, 0.05) is 5.56 Å². The van der Waals surface area contributed by atoms with Crippen LogP contribution in [0.5, 0.6) is 0 Å². The fourth-order valence-corrected chi connectivity index (χ4v) is 2.91. The van der Waals surface area contributed by atoms with E-state index < -0.39 is 29.6 Å². The first-order valence-electron chi connectivity index (χ1n) is 8.36. The number of hydrogen-bond acceptors (Lipinski definition) is 5. The van der Waals surface area contributed by atoms with Crippen molar-refractivity contribution in [2.75, 3.05) is 11.9 Å². The SMILES string of the molecule is Cc1ncc(C#N)nc1[C@H](C)NC(=O)CN1Cc2c(ccc(F)c2F)NC1=O. The molecule has 10 heteroatoms. The summed E-state index contributed by atoms with van der Waals surface area (Å²) in [6.07, 6.45) is 1.33. The molecule has 28 heavy (non-hydrogen) atoms. The van der Waals surface area contributed by atoms with Crippen LogP contribution in [0.4, 0.5) is 19.3 Å². The van der Waals surface area contributed by atoms with Crippen molar-refractivity contribution in [2.45, 2.75) is 26.4 Å². The lowest BCUT2D eigenvalue weighted by atomic mass is 10.1. The summed E-state index contributed by atoms with van der Waals surface area (Å²) >= 11 is 0. The standard InChI is InChI=1S/C18H16F2N6O2/c1-9-17(24-11(5-21)6-22-9)10(2)23-15(27)8-26-7-12-14(25-18(26)28)4-3-13(19)16(12)20/h3-4,6,10H,7-8H2,1-2H3,(H,23,27)(H,25,28)/t10-/m0/s1. The number of nitrogens with one attached hydrogen (secondary N) is 2. The molecule has 2 aromatic rings. The van der Waals surface area contributed by atoms with Gasteiger partial charge in [0.1, 0.15) is 12.6 Å². The summed E-state index contributed by atoms with van der Waals surface area (Å²) in [5, 5.41) is 14.0. The molecule has 0 fully saturated rings. The first-order valence-corrected chi connectivity index (χ1v) is 8.36. The van der Waals surface area contributed by atoms with Crippen LogP contribution in [0.3, 0.4) is 0 Å². The van der Waals surface area contributed by atoms with E-state index in [1.165, 1.54) is 12.3 Å². The number of aryl methyl sites for hydroxylation is 1. The van der Waals surface area contributed by atoms with Gasteiger partial charge in [0.05, 0.1) is 35.9 Å². The van der Waals surface area contributed by atoms with Crippen molar-refractivity contribution < 1.29 is 18.4 Å². The number of nitriles is 1. The molecule has 1 aromatic heterocycles. The Balaban J connectivity index is 1.70. The van der Waals surface area contributed by atoms with Crippen molar-refractivity contribution in [2.24, 2.45) is 0 Å². The minimum Gasteiger partial charge on any atom is -0.346 e. The van der Waals surface area contributed by atoms with E-state index in [1.807, 2.05) is 6.07 Å². The fourth-order valence-electron chi connectivity index (χ4n) is 2.91. The van der Waals surface area contributed by atoms with Gasteiger partial charge < -0.3 is 15.5 Å². The van der Waals surface area contributed by atoms with E-state index in [2.05, 4.69) is 20.6 Å². The zero-order valence-electron chi connectivity index (χ0n) is 15.1. The normalized spacial score (nSPS) is 14.0. The van der Waals surface area contributed by atoms with E-state index in [-0.39, 0.29) is 30.0 Å². The Kier molecular flexibility index (Phi) is 5.17. The van der Waals surface area contributed by atoms with Crippen molar-refractivity contribution in [3.8, 4) is 6.07 Å². The summed E-state index contributed by atoms with van der Waals surface area (Å²) < 4.78 is 27.4. The quantitative estimate of drug-likeness (QED) is 0.837.